The number of hydrogen-bond donors (Lipinski definition) is 0. The van der Waals surface area contributed by atoms with Crippen molar-refractivity contribution in [2.75, 3.05) is 18.0 Å². The Morgan fingerprint density at radius 3 is 2.54 bits per heavy atom. The number of piperazine rings is 1. The summed E-state index contributed by atoms with van der Waals surface area (Å²) in [5.74, 6) is 1.62. The van der Waals surface area contributed by atoms with Crippen LogP contribution >= 0.6 is 0 Å². The third kappa shape index (κ3) is 3.64. The van der Waals surface area contributed by atoms with E-state index in [4.69, 9.17) is 9.72 Å². The van der Waals surface area contributed by atoms with Gasteiger partial charge in [-0.25, -0.2) is 14.8 Å². The number of amides is 1. The lowest BCUT2D eigenvalue weighted by Gasteiger charge is -2.45. The first kappa shape index (κ1) is 19.0. The zero-order valence-corrected chi connectivity index (χ0v) is 17.5. The first-order valence-corrected chi connectivity index (χ1v) is 10.2. The molecule has 150 valence electrons. The molecule has 4 rings (SSSR count). The number of carbonyl (C=O) groups excluding carboxylic acids is 1. The van der Waals surface area contributed by atoms with Crippen LogP contribution in [0.4, 0.5) is 10.6 Å². The minimum Gasteiger partial charge on any atom is -0.444 e. The zero-order chi connectivity index (χ0) is 20.1. The van der Waals surface area contributed by atoms with Gasteiger partial charge in [0.1, 0.15) is 17.7 Å². The van der Waals surface area contributed by atoms with E-state index in [9.17, 15) is 4.79 Å². The van der Waals surface area contributed by atoms with E-state index < -0.39 is 5.60 Å². The minimum absolute atomic E-state index is 0.0455. The molecule has 1 saturated carbocycles. The summed E-state index contributed by atoms with van der Waals surface area (Å²) in [6.45, 7) is 11.3. The fraction of sp³-hybridized carbons (Fsp3) is 0.591. The van der Waals surface area contributed by atoms with Crippen LogP contribution in [0.3, 0.4) is 0 Å². The summed E-state index contributed by atoms with van der Waals surface area (Å²) in [5, 5.41) is 1.18. The van der Waals surface area contributed by atoms with Gasteiger partial charge in [-0.1, -0.05) is 12.1 Å². The van der Waals surface area contributed by atoms with Crippen LogP contribution in [0.5, 0.6) is 0 Å². The van der Waals surface area contributed by atoms with Gasteiger partial charge in [-0.3, -0.25) is 0 Å². The molecule has 0 unspecified atom stereocenters. The number of nitrogens with zero attached hydrogens (tertiary/aromatic N) is 4. The molecule has 1 amide bonds. The topological polar surface area (TPSA) is 58.6 Å². The van der Waals surface area contributed by atoms with Crippen LogP contribution in [-0.2, 0) is 4.74 Å². The molecule has 28 heavy (non-hydrogen) atoms. The van der Waals surface area contributed by atoms with Crippen molar-refractivity contribution >= 4 is 22.8 Å². The monoisotopic (exact) mass is 382 g/mol. The number of ether oxygens (including phenoxy) is 1. The van der Waals surface area contributed by atoms with Crippen LogP contribution in [0.15, 0.2) is 24.5 Å². The summed E-state index contributed by atoms with van der Waals surface area (Å²) in [5.41, 5.74) is 1.88. The van der Waals surface area contributed by atoms with Gasteiger partial charge in [0.2, 0.25) is 0 Å². The molecule has 0 N–H and O–H groups in total. The Morgan fingerprint density at radius 1 is 1.11 bits per heavy atom. The highest BCUT2D eigenvalue weighted by Gasteiger charge is 2.36. The number of hydrogen-bond acceptors (Lipinski definition) is 5. The Labute approximate surface area is 166 Å². The number of benzene rings is 1. The van der Waals surface area contributed by atoms with E-state index in [1.165, 1.54) is 23.8 Å². The van der Waals surface area contributed by atoms with Crippen molar-refractivity contribution in [3.63, 3.8) is 0 Å². The molecular weight excluding hydrogens is 352 g/mol. The van der Waals surface area contributed by atoms with Gasteiger partial charge in [0.25, 0.3) is 0 Å². The molecule has 2 aliphatic rings. The SMILES string of the molecule is C[C@@H]1CN(c2ncnc3cccc(C4CC4)c23)[C@@H](C)CN1C(=O)OC(C)(C)C. The van der Waals surface area contributed by atoms with Crippen LogP contribution in [0.1, 0.15) is 58.9 Å². The lowest BCUT2D eigenvalue weighted by Crippen LogP contribution is -2.59. The van der Waals surface area contributed by atoms with Gasteiger partial charge in [-0.05, 0) is 65.0 Å². The fourth-order valence-electron chi connectivity index (χ4n) is 4.07. The van der Waals surface area contributed by atoms with Crippen LogP contribution in [0.2, 0.25) is 0 Å². The van der Waals surface area contributed by atoms with Crippen molar-refractivity contribution in [3.05, 3.63) is 30.1 Å². The van der Waals surface area contributed by atoms with Crippen molar-refractivity contribution in [3.8, 4) is 0 Å². The second-order valence-corrected chi connectivity index (χ2v) is 9.20. The van der Waals surface area contributed by atoms with E-state index in [-0.39, 0.29) is 18.2 Å². The highest BCUT2D eigenvalue weighted by atomic mass is 16.6. The Balaban J connectivity index is 1.64. The number of fused-ring (bicyclic) bond motifs is 1. The summed E-state index contributed by atoms with van der Waals surface area (Å²) in [7, 11) is 0. The predicted molar refractivity (Wildman–Crippen MR) is 111 cm³/mol. The summed E-state index contributed by atoms with van der Waals surface area (Å²) < 4.78 is 5.61. The van der Waals surface area contributed by atoms with E-state index >= 15 is 0 Å². The van der Waals surface area contributed by atoms with Crippen LogP contribution in [0.25, 0.3) is 10.9 Å². The average Bonchev–Trinajstić information content (AvgIpc) is 3.46. The van der Waals surface area contributed by atoms with Crippen LogP contribution < -0.4 is 4.90 Å². The standard InChI is InChI=1S/C22H30N4O2/c1-14-12-26(21(27)28-22(3,4)5)15(2)11-25(14)20-19-17(16-9-10-16)7-6-8-18(19)23-13-24-20/h6-8,13-16H,9-12H2,1-5H3/t14-,15+/m0/s1. The molecule has 1 aromatic heterocycles. The van der Waals surface area contributed by atoms with Gasteiger partial charge in [0.05, 0.1) is 5.52 Å². The third-order valence-electron chi connectivity index (χ3n) is 5.58. The molecule has 1 aromatic carbocycles. The molecule has 2 fully saturated rings. The molecule has 2 heterocycles. The first-order valence-electron chi connectivity index (χ1n) is 10.2. The predicted octanol–water partition coefficient (Wildman–Crippen LogP) is 4.34. The molecule has 0 bridgehead atoms. The number of carbonyl (C=O) groups is 1. The second kappa shape index (κ2) is 6.90. The third-order valence-corrected chi connectivity index (χ3v) is 5.58. The van der Waals surface area contributed by atoms with Gasteiger partial charge >= 0.3 is 6.09 Å². The van der Waals surface area contributed by atoms with Crippen molar-refractivity contribution in [1.82, 2.24) is 14.9 Å². The Bertz CT molecular complexity index is 882. The van der Waals surface area contributed by atoms with Gasteiger partial charge in [0, 0.05) is 30.6 Å². The zero-order valence-electron chi connectivity index (χ0n) is 17.5. The van der Waals surface area contributed by atoms with Gasteiger partial charge in [-0.15, -0.1) is 0 Å². The number of anilines is 1. The van der Waals surface area contributed by atoms with E-state index in [0.717, 1.165) is 17.9 Å². The van der Waals surface area contributed by atoms with Crippen molar-refractivity contribution in [2.45, 2.75) is 71.1 Å². The quantitative estimate of drug-likeness (QED) is 0.773. The maximum absolute atomic E-state index is 12.6. The highest BCUT2D eigenvalue weighted by molar-refractivity contribution is 5.93. The summed E-state index contributed by atoms with van der Waals surface area (Å²) in [6.07, 6.45) is 3.90. The second-order valence-electron chi connectivity index (χ2n) is 9.20. The Morgan fingerprint density at radius 2 is 1.86 bits per heavy atom. The van der Waals surface area contributed by atoms with E-state index in [1.54, 1.807) is 6.33 Å². The maximum atomic E-state index is 12.6. The Kier molecular flexibility index (Phi) is 4.68. The van der Waals surface area contributed by atoms with Crippen LogP contribution in [0, 0.1) is 0 Å². The molecule has 6 nitrogen and oxygen atoms in total. The lowest BCUT2D eigenvalue weighted by molar-refractivity contribution is 0.0130. The fourth-order valence-corrected chi connectivity index (χ4v) is 4.07. The molecular formula is C22H30N4O2. The average molecular weight is 383 g/mol. The number of rotatable bonds is 2. The van der Waals surface area contributed by atoms with E-state index in [1.807, 2.05) is 25.7 Å². The lowest BCUT2D eigenvalue weighted by atomic mass is 10.0. The Hall–Kier alpha value is -2.37. The first-order chi connectivity index (χ1) is 13.2. The molecule has 1 saturated heterocycles. The molecule has 6 heteroatoms. The van der Waals surface area contributed by atoms with Crippen LogP contribution in [-0.4, -0.2) is 51.7 Å². The molecule has 0 radical (unpaired) electrons. The minimum atomic E-state index is -0.487. The molecule has 1 aliphatic heterocycles. The molecule has 2 atom stereocenters. The summed E-state index contributed by atoms with van der Waals surface area (Å²) in [4.78, 5) is 26.0. The van der Waals surface area contributed by atoms with E-state index in [0.29, 0.717) is 12.5 Å². The van der Waals surface area contributed by atoms with Crippen molar-refractivity contribution < 1.29 is 9.53 Å². The smallest absolute Gasteiger partial charge is 0.410 e. The highest BCUT2D eigenvalue weighted by Crippen LogP contribution is 2.45. The largest absolute Gasteiger partial charge is 0.444 e. The molecule has 1 aliphatic carbocycles. The summed E-state index contributed by atoms with van der Waals surface area (Å²) >= 11 is 0. The van der Waals surface area contributed by atoms with Crippen molar-refractivity contribution in [2.24, 2.45) is 0 Å². The van der Waals surface area contributed by atoms with Crippen molar-refractivity contribution in [1.29, 1.82) is 0 Å². The molecule has 0 spiro atoms. The van der Waals surface area contributed by atoms with Gasteiger partial charge in [0.15, 0.2) is 0 Å². The number of aromatic nitrogens is 2. The van der Waals surface area contributed by atoms with Gasteiger partial charge in [-0.2, -0.15) is 0 Å². The van der Waals surface area contributed by atoms with E-state index in [2.05, 4.69) is 41.9 Å². The summed E-state index contributed by atoms with van der Waals surface area (Å²) in [6, 6.07) is 6.58. The normalized spacial score (nSPS) is 23.2. The maximum Gasteiger partial charge on any atom is 0.410 e. The molecule has 2 aromatic rings. The van der Waals surface area contributed by atoms with Gasteiger partial charge < -0.3 is 14.5 Å².